The zero-order chi connectivity index (χ0) is 16.4. The number of aromatic amines is 1. The third-order valence-electron chi connectivity index (χ3n) is 3.75. The average molecular weight is 309 g/mol. The van der Waals surface area contributed by atoms with E-state index >= 15 is 0 Å². The summed E-state index contributed by atoms with van der Waals surface area (Å²) >= 11 is 0. The zero-order valence-corrected chi connectivity index (χ0v) is 12.9. The second-order valence-electron chi connectivity index (χ2n) is 5.40. The Bertz CT molecular complexity index is 912. The molecule has 5 heteroatoms. The van der Waals surface area contributed by atoms with Gasteiger partial charge in [0, 0.05) is 22.7 Å². The number of rotatable bonds is 3. The lowest BCUT2D eigenvalue weighted by molar-refractivity contribution is -0.111. The van der Waals surface area contributed by atoms with Gasteiger partial charge in [-0.1, -0.05) is 18.2 Å². The fourth-order valence-corrected chi connectivity index (χ4v) is 2.41. The van der Waals surface area contributed by atoms with Crippen molar-refractivity contribution in [2.45, 2.75) is 13.8 Å². The summed E-state index contributed by atoms with van der Waals surface area (Å²) in [6.45, 7) is 3.48. The van der Waals surface area contributed by atoms with Crippen LogP contribution in [-0.2, 0) is 4.79 Å². The number of anilines is 1. The number of amides is 1. The maximum absolute atomic E-state index is 13.6. The summed E-state index contributed by atoms with van der Waals surface area (Å²) < 4.78 is 13.6. The van der Waals surface area contributed by atoms with E-state index in [0.29, 0.717) is 11.3 Å². The maximum atomic E-state index is 13.6. The molecule has 2 aromatic carbocycles. The number of nitrogens with one attached hydrogen (secondary N) is 2. The van der Waals surface area contributed by atoms with Crippen molar-refractivity contribution in [2.75, 3.05) is 5.32 Å². The van der Waals surface area contributed by atoms with Crippen molar-refractivity contribution >= 4 is 28.6 Å². The Hall–Kier alpha value is -2.95. The van der Waals surface area contributed by atoms with Crippen LogP contribution in [0, 0.1) is 19.7 Å². The molecular weight excluding hydrogens is 293 g/mol. The summed E-state index contributed by atoms with van der Waals surface area (Å²) in [4.78, 5) is 12.1. The fourth-order valence-electron chi connectivity index (χ4n) is 2.41. The van der Waals surface area contributed by atoms with Crippen LogP contribution < -0.4 is 5.32 Å². The van der Waals surface area contributed by atoms with Gasteiger partial charge in [-0.05, 0) is 43.2 Å². The minimum Gasteiger partial charge on any atom is -0.322 e. The van der Waals surface area contributed by atoms with Gasteiger partial charge in [0.25, 0.3) is 0 Å². The van der Waals surface area contributed by atoms with Crippen molar-refractivity contribution in [3.8, 4) is 0 Å². The number of carbonyl (C=O) groups excluding carboxylic acids is 1. The minimum absolute atomic E-state index is 0.300. The molecule has 0 saturated carbocycles. The van der Waals surface area contributed by atoms with Gasteiger partial charge in [0.15, 0.2) is 0 Å². The first-order valence-electron chi connectivity index (χ1n) is 7.22. The van der Waals surface area contributed by atoms with E-state index in [9.17, 15) is 9.18 Å². The van der Waals surface area contributed by atoms with E-state index in [1.807, 2.05) is 25.1 Å². The SMILES string of the molecule is Cc1ccc(F)c(C)c1NC(=O)/C=C/c1ccc2cn[nH]c2c1. The second kappa shape index (κ2) is 6.04. The smallest absolute Gasteiger partial charge is 0.248 e. The van der Waals surface area contributed by atoms with Gasteiger partial charge >= 0.3 is 0 Å². The number of fused-ring (bicyclic) bond motifs is 1. The third-order valence-corrected chi connectivity index (χ3v) is 3.75. The molecule has 0 aliphatic carbocycles. The summed E-state index contributed by atoms with van der Waals surface area (Å²) in [5.74, 6) is -0.633. The highest BCUT2D eigenvalue weighted by Crippen LogP contribution is 2.22. The lowest BCUT2D eigenvalue weighted by Gasteiger charge is -2.10. The van der Waals surface area contributed by atoms with Gasteiger partial charge in [0.2, 0.25) is 5.91 Å². The second-order valence-corrected chi connectivity index (χ2v) is 5.40. The van der Waals surface area contributed by atoms with E-state index in [4.69, 9.17) is 0 Å². The number of halogens is 1. The molecule has 0 unspecified atom stereocenters. The van der Waals surface area contributed by atoms with E-state index in [1.54, 1.807) is 25.3 Å². The predicted molar refractivity (Wildman–Crippen MR) is 89.6 cm³/mol. The summed E-state index contributed by atoms with van der Waals surface area (Å²) in [6.07, 6.45) is 4.88. The Balaban J connectivity index is 1.78. The van der Waals surface area contributed by atoms with Crippen LogP contribution in [-0.4, -0.2) is 16.1 Å². The Kier molecular flexibility index (Phi) is 3.93. The van der Waals surface area contributed by atoms with Crippen LogP contribution in [0.1, 0.15) is 16.7 Å². The molecule has 0 aliphatic heterocycles. The lowest BCUT2D eigenvalue weighted by atomic mass is 10.1. The molecule has 0 radical (unpaired) electrons. The molecule has 1 amide bonds. The number of nitrogens with zero attached hydrogens (tertiary/aromatic N) is 1. The highest BCUT2D eigenvalue weighted by Gasteiger charge is 2.09. The first-order chi connectivity index (χ1) is 11.0. The Morgan fingerprint density at radius 1 is 1.26 bits per heavy atom. The van der Waals surface area contributed by atoms with Crippen molar-refractivity contribution in [1.29, 1.82) is 0 Å². The van der Waals surface area contributed by atoms with Crippen molar-refractivity contribution in [3.05, 3.63) is 65.1 Å². The third kappa shape index (κ3) is 3.13. The summed E-state index contributed by atoms with van der Waals surface area (Å²) in [7, 11) is 0. The lowest BCUT2D eigenvalue weighted by Crippen LogP contribution is -2.11. The van der Waals surface area contributed by atoms with Crippen LogP contribution in [0.25, 0.3) is 17.0 Å². The van der Waals surface area contributed by atoms with E-state index in [2.05, 4.69) is 15.5 Å². The predicted octanol–water partition coefficient (Wildman–Crippen LogP) is 3.97. The largest absolute Gasteiger partial charge is 0.322 e. The molecule has 0 saturated heterocycles. The number of hydrogen-bond acceptors (Lipinski definition) is 2. The maximum Gasteiger partial charge on any atom is 0.248 e. The molecule has 116 valence electrons. The molecule has 1 heterocycles. The Morgan fingerprint density at radius 2 is 2.09 bits per heavy atom. The van der Waals surface area contributed by atoms with Crippen molar-refractivity contribution in [1.82, 2.24) is 10.2 Å². The van der Waals surface area contributed by atoms with Crippen LogP contribution in [0.4, 0.5) is 10.1 Å². The van der Waals surface area contributed by atoms with E-state index < -0.39 is 0 Å². The molecule has 0 fully saturated rings. The van der Waals surface area contributed by atoms with Crippen molar-refractivity contribution in [3.63, 3.8) is 0 Å². The summed E-state index contributed by atoms with van der Waals surface area (Å²) in [5, 5.41) is 10.6. The van der Waals surface area contributed by atoms with Gasteiger partial charge in [-0.15, -0.1) is 0 Å². The van der Waals surface area contributed by atoms with E-state index in [0.717, 1.165) is 22.0 Å². The van der Waals surface area contributed by atoms with Crippen molar-refractivity contribution < 1.29 is 9.18 Å². The fraction of sp³-hybridized carbons (Fsp3) is 0.111. The summed E-state index contributed by atoms with van der Waals surface area (Å²) in [6, 6.07) is 8.78. The van der Waals surface area contributed by atoms with Gasteiger partial charge in [-0.25, -0.2) is 4.39 Å². The molecule has 4 nitrogen and oxygen atoms in total. The Morgan fingerprint density at radius 3 is 2.91 bits per heavy atom. The van der Waals surface area contributed by atoms with Crippen LogP contribution >= 0.6 is 0 Å². The number of benzene rings is 2. The highest BCUT2D eigenvalue weighted by molar-refractivity contribution is 6.03. The van der Waals surface area contributed by atoms with Gasteiger partial charge < -0.3 is 5.32 Å². The first kappa shape index (κ1) is 15.0. The van der Waals surface area contributed by atoms with E-state index in [-0.39, 0.29) is 11.7 Å². The highest BCUT2D eigenvalue weighted by atomic mass is 19.1. The quantitative estimate of drug-likeness (QED) is 0.719. The number of aryl methyl sites for hydroxylation is 1. The number of hydrogen-bond donors (Lipinski definition) is 2. The molecule has 3 aromatic rings. The molecule has 3 rings (SSSR count). The molecule has 0 spiro atoms. The van der Waals surface area contributed by atoms with Crippen LogP contribution in [0.2, 0.25) is 0 Å². The zero-order valence-electron chi connectivity index (χ0n) is 12.9. The van der Waals surface area contributed by atoms with Crippen LogP contribution in [0.3, 0.4) is 0 Å². The van der Waals surface area contributed by atoms with Gasteiger partial charge in [0.05, 0.1) is 11.7 Å². The molecule has 0 atom stereocenters. The van der Waals surface area contributed by atoms with Gasteiger partial charge in [-0.2, -0.15) is 5.10 Å². The molecule has 0 bridgehead atoms. The minimum atomic E-state index is -0.334. The average Bonchev–Trinajstić information content (AvgIpc) is 3.01. The van der Waals surface area contributed by atoms with Crippen LogP contribution in [0.5, 0.6) is 0 Å². The molecule has 23 heavy (non-hydrogen) atoms. The molecular formula is C18H16FN3O. The van der Waals surface area contributed by atoms with Crippen LogP contribution in [0.15, 0.2) is 42.6 Å². The number of aromatic nitrogens is 2. The van der Waals surface area contributed by atoms with Gasteiger partial charge in [0.1, 0.15) is 5.82 Å². The van der Waals surface area contributed by atoms with E-state index in [1.165, 1.54) is 12.1 Å². The molecule has 1 aromatic heterocycles. The number of H-pyrrole nitrogens is 1. The Labute approximate surface area is 133 Å². The topological polar surface area (TPSA) is 57.8 Å². The summed E-state index contributed by atoms with van der Waals surface area (Å²) in [5.41, 5.74) is 3.56. The normalized spacial score (nSPS) is 11.3. The first-order valence-corrected chi connectivity index (χ1v) is 7.22. The molecule has 0 aliphatic rings. The van der Waals surface area contributed by atoms with Crippen molar-refractivity contribution in [2.24, 2.45) is 0 Å². The molecule has 2 N–H and O–H groups in total. The van der Waals surface area contributed by atoms with Gasteiger partial charge in [-0.3, -0.25) is 9.89 Å². The number of carbonyl (C=O) groups is 1. The standard InChI is InChI=1S/C18H16FN3O/c1-11-3-7-15(19)12(2)18(11)21-17(23)8-5-13-4-6-14-10-20-22-16(14)9-13/h3-10H,1-2H3,(H,20,22)(H,21,23)/b8-5+. The monoisotopic (exact) mass is 309 g/mol.